The third-order valence-electron chi connectivity index (χ3n) is 8.48. The van der Waals surface area contributed by atoms with Gasteiger partial charge in [0.1, 0.15) is 0 Å². The van der Waals surface area contributed by atoms with Crippen molar-refractivity contribution in [3.63, 3.8) is 0 Å². The van der Waals surface area contributed by atoms with Gasteiger partial charge in [-0.2, -0.15) is 0 Å². The predicted octanol–water partition coefficient (Wildman–Crippen LogP) is 8.65. The van der Waals surface area contributed by atoms with Crippen molar-refractivity contribution in [3.8, 4) is 0 Å². The molecule has 9 heteroatoms. The SMILES string of the molecule is CC(C)C1C(c2ccc(Cl)cc2)C(C(=O)c2ccccc2)C2(C(=O)Nc3ccccc32)N1C(=O)Nc1c(Cl)cccc1Cl. The van der Waals surface area contributed by atoms with Crippen molar-refractivity contribution in [1.29, 1.82) is 0 Å². The quantitative estimate of drug-likeness (QED) is 0.216. The Morgan fingerprint density at radius 3 is 2.12 bits per heavy atom. The molecule has 0 radical (unpaired) electrons. The van der Waals surface area contributed by atoms with Gasteiger partial charge in [-0.05, 0) is 41.8 Å². The second-order valence-corrected chi connectivity index (χ2v) is 12.4. The molecule has 4 aromatic rings. The van der Waals surface area contributed by atoms with Crippen LogP contribution in [0.15, 0.2) is 97.1 Å². The number of halogens is 3. The number of ketones is 1. The first-order chi connectivity index (χ1) is 20.7. The predicted molar refractivity (Wildman–Crippen MR) is 171 cm³/mol. The van der Waals surface area contributed by atoms with Gasteiger partial charge < -0.3 is 15.5 Å². The zero-order valence-electron chi connectivity index (χ0n) is 23.4. The summed E-state index contributed by atoms with van der Waals surface area (Å²) in [5.74, 6) is -2.44. The lowest BCUT2D eigenvalue weighted by Crippen LogP contribution is -2.58. The van der Waals surface area contributed by atoms with Crippen molar-refractivity contribution in [3.05, 3.63) is 129 Å². The number of carbonyl (C=O) groups is 3. The molecule has 2 heterocycles. The number of rotatable bonds is 5. The van der Waals surface area contributed by atoms with Gasteiger partial charge in [0, 0.05) is 33.8 Å². The van der Waals surface area contributed by atoms with E-state index in [2.05, 4.69) is 10.6 Å². The summed E-state index contributed by atoms with van der Waals surface area (Å²) < 4.78 is 0. The smallest absolute Gasteiger partial charge is 0.323 e. The van der Waals surface area contributed by atoms with Crippen molar-refractivity contribution in [1.82, 2.24) is 4.90 Å². The van der Waals surface area contributed by atoms with Gasteiger partial charge in [0.05, 0.1) is 21.7 Å². The number of nitrogens with one attached hydrogen (secondary N) is 2. The molecule has 2 aliphatic rings. The van der Waals surface area contributed by atoms with E-state index >= 15 is 0 Å². The van der Waals surface area contributed by atoms with E-state index in [1.807, 2.05) is 50.2 Å². The van der Waals surface area contributed by atoms with E-state index in [-0.39, 0.29) is 27.4 Å². The lowest BCUT2D eigenvalue weighted by Gasteiger charge is -2.40. The monoisotopic (exact) mass is 631 g/mol. The summed E-state index contributed by atoms with van der Waals surface area (Å²) in [6, 6.07) is 27.1. The molecule has 0 aliphatic carbocycles. The first kappa shape index (κ1) is 29.2. The number of Topliss-reactive ketones (excluding diaryl/α,β-unsaturated/α-hetero) is 1. The van der Waals surface area contributed by atoms with E-state index in [1.165, 1.54) is 0 Å². The Labute approximate surface area is 264 Å². The lowest BCUT2D eigenvalue weighted by atomic mass is 9.68. The van der Waals surface area contributed by atoms with E-state index < -0.39 is 35.4 Å². The molecule has 1 spiro atoms. The topological polar surface area (TPSA) is 78.5 Å². The highest BCUT2D eigenvalue weighted by Gasteiger charge is 2.70. The van der Waals surface area contributed by atoms with Crippen molar-refractivity contribution in [2.75, 3.05) is 10.6 Å². The van der Waals surface area contributed by atoms with Crippen molar-refractivity contribution < 1.29 is 14.4 Å². The maximum atomic E-state index is 14.8. The van der Waals surface area contributed by atoms with Gasteiger partial charge in [-0.25, -0.2) is 4.79 Å². The minimum Gasteiger partial charge on any atom is -0.323 e. The van der Waals surface area contributed by atoms with Crippen LogP contribution in [-0.2, 0) is 10.3 Å². The fourth-order valence-electron chi connectivity index (χ4n) is 6.82. The molecular formula is C34H28Cl3N3O3. The van der Waals surface area contributed by atoms with E-state index in [0.29, 0.717) is 21.8 Å². The summed E-state index contributed by atoms with van der Waals surface area (Å²) in [7, 11) is 0. The highest BCUT2D eigenvalue weighted by molar-refractivity contribution is 6.39. The van der Waals surface area contributed by atoms with E-state index in [0.717, 1.165) is 5.56 Å². The highest BCUT2D eigenvalue weighted by atomic mass is 35.5. The molecule has 4 unspecified atom stereocenters. The summed E-state index contributed by atoms with van der Waals surface area (Å²) >= 11 is 19.2. The largest absolute Gasteiger partial charge is 0.323 e. The number of carbonyl (C=O) groups excluding carboxylic acids is 3. The molecule has 1 saturated heterocycles. The van der Waals surface area contributed by atoms with Crippen molar-refractivity contribution in [2.24, 2.45) is 11.8 Å². The summed E-state index contributed by atoms with van der Waals surface area (Å²) in [6.45, 7) is 3.97. The second kappa shape index (κ2) is 11.3. The zero-order chi connectivity index (χ0) is 30.5. The fourth-order valence-corrected chi connectivity index (χ4v) is 7.44. The molecule has 0 bridgehead atoms. The van der Waals surface area contributed by atoms with Crippen LogP contribution in [0.5, 0.6) is 0 Å². The van der Waals surface area contributed by atoms with E-state index in [1.54, 1.807) is 65.6 Å². The average Bonchev–Trinajstić information content (AvgIpc) is 3.48. The van der Waals surface area contributed by atoms with Crippen LogP contribution >= 0.6 is 34.8 Å². The minimum absolute atomic E-state index is 0.181. The molecule has 1 fully saturated rings. The molecular weight excluding hydrogens is 605 g/mol. The van der Waals surface area contributed by atoms with Crippen molar-refractivity contribution in [2.45, 2.75) is 31.3 Å². The molecule has 6 rings (SSSR count). The van der Waals surface area contributed by atoms with Crippen LogP contribution < -0.4 is 10.6 Å². The van der Waals surface area contributed by atoms with Crippen LogP contribution in [0.3, 0.4) is 0 Å². The average molecular weight is 633 g/mol. The number of nitrogens with zero attached hydrogens (tertiary/aromatic N) is 1. The Hall–Kier alpha value is -3.84. The van der Waals surface area contributed by atoms with Gasteiger partial charge >= 0.3 is 6.03 Å². The molecule has 218 valence electrons. The van der Waals surface area contributed by atoms with Crippen LogP contribution in [0.1, 0.15) is 41.3 Å². The molecule has 4 aromatic carbocycles. The zero-order valence-corrected chi connectivity index (χ0v) is 25.6. The number of amides is 3. The summed E-state index contributed by atoms with van der Waals surface area (Å²) in [6.07, 6.45) is 0. The molecule has 43 heavy (non-hydrogen) atoms. The third kappa shape index (κ3) is 4.69. The van der Waals surface area contributed by atoms with Crippen molar-refractivity contribution >= 4 is 63.9 Å². The van der Waals surface area contributed by atoms with E-state index in [4.69, 9.17) is 34.8 Å². The Balaban J connectivity index is 1.66. The molecule has 2 aliphatic heterocycles. The first-order valence-corrected chi connectivity index (χ1v) is 15.1. The molecule has 4 atom stereocenters. The Bertz CT molecular complexity index is 1710. The Morgan fingerprint density at radius 1 is 0.837 bits per heavy atom. The van der Waals surface area contributed by atoms with Gasteiger partial charge in [0.25, 0.3) is 5.91 Å². The standard InChI is InChI=1S/C34H28Cl3N3O3/c1-19(2)30-27(20-15-17-22(35)18-16-20)28(31(41)21-9-4-3-5-10-21)34(23-11-6-7-14-26(23)38-32(34)42)40(30)33(43)39-29-24(36)12-8-13-25(29)37/h3-19,27-28,30H,1-2H3,(H,38,42)(H,39,43). The van der Waals surface area contributed by atoms with Gasteiger partial charge in [0.2, 0.25) is 0 Å². The highest BCUT2D eigenvalue weighted by Crippen LogP contribution is 2.60. The van der Waals surface area contributed by atoms with Gasteiger partial charge in [-0.15, -0.1) is 0 Å². The molecule has 0 saturated carbocycles. The number of urea groups is 1. The number of para-hydroxylation sites is 2. The Kier molecular flexibility index (Phi) is 7.71. The van der Waals surface area contributed by atoms with Gasteiger partial charge in [0.15, 0.2) is 11.3 Å². The lowest BCUT2D eigenvalue weighted by molar-refractivity contribution is -0.126. The molecule has 0 aromatic heterocycles. The fraction of sp³-hybridized carbons (Fsp3) is 0.206. The molecule has 3 amide bonds. The molecule has 2 N–H and O–H groups in total. The number of likely N-dealkylation sites (tertiary alicyclic amines) is 1. The molecule has 6 nitrogen and oxygen atoms in total. The van der Waals surface area contributed by atoms with Crippen LogP contribution in [-0.4, -0.2) is 28.7 Å². The third-order valence-corrected chi connectivity index (χ3v) is 9.36. The van der Waals surface area contributed by atoms with Crippen LogP contribution in [0.25, 0.3) is 0 Å². The van der Waals surface area contributed by atoms with Gasteiger partial charge in [-0.1, -0.05) is 115 Å². The van der Waals surface area contributed by atoms with Crippen LogP contribution in [0.4, 0.5) is 16.2 Å². The summed E-state index contributed by atoms with van der Waals surface area (Å²) in [5, 5.41) is 6.92. The van der Waals surface area contributed by atoms with Crippen LogP contribution in [0, 0.1) is 11.8 Å². The maximum absolute atomic E-state index is 14.8. The first-order valence-electron chi connectivity index (χ1n) is 14.0. The van der Waals surface area contributed by atoms with Crippen LogP contribution in [0.2, 0.25) is 15.1 Å². The number of anilines is 2. The second-order valence-electron chi connectivity index (χ2n) is 11.2. The minimum atomic E-state index is -1.69. The number of hydrogen-bond acceptors (Lipinski definition) is 3. The number of hydrogen-bond donors (Lipinski definition) is 2. The van der Waals surface area contributed by atoms with Gasteiger partial charge in [-0.3, -0.25) is 9.59 Å². The maximum Gasteiger partial charge on any atom is 0.323 e. The summed E-state index contributed by atoms with van der Waals surface area (Å²) in [5.41, 5.74) is 0.867. The normalized spacial score (nSPS) is 22.5. The number of fused-ring (bicyclic) bond motifs is 2. The Morgan fingerprint density at radius 2 is 1.47 bits per heavy atom. The number of benzene rings is 4. The summed E-state index contributed by atoms with van der Waals surface area (Å²) in [4.78, 5) is 45.6. The van der Waals surface area contributed by atoms with E-state index in [9.17, 15) is 14.4 Å².